The Bertz CT molecular complexity index is 389. The number of carboxylic acid groups (broad SMARTS) is 1. The van der Waals surface area contributed by atoms with Gasteiger partial charge in [-0.2, -0.15) is 0 Å². The Labute approximate surface area is 109 Å². The molecule has 0 aliphatic rings. The largest absolute Gasteiger partial charge is 0.480 e. The summed E-state index contributed by atoms with van der Waals surface area (Å²) in [6, 6.07) is 10.2. The number of nitrogens with zero attached hydrogens (tertiary/aromatic N) is 1. The molecule has 1 unspecified atom stereocenters. The third-order valence-electron chi connectivity index (χ3n) is 3.60. The lowest BCUT2D eigenvalue weighted by atomic mass is 9.94. The fourth-order valence-corrected chi connectivity index (χ4v) is 2.18. The van der Waals surface area contributed by atoms with Crippen molar-refractivity contribution in [2.45, 2.75) is 52.2 Å². The number of hydrogen-bond donors (Lipinski definition) is 1. The molecule has 0 saturated heterocycles. The Balaban J connectivity index is 3.00. The van der Waals surface area contributed by atoms with Gasteiger partial charge in [0.15, 0.2) is 0 Å². The zero-order valence-corrected chi connectivity index (χ0v) is 11.7. The van der Waals surface area contributed by atoms with Crippen molar-refractivity contribution in [3.05, 3.63) is 35.9 Å². The Morgan fingerprint density at radius 3 is 2.28 bits per heavy atom. The highest BCUT2D eigenvalue weighted by Crippen LogP contribution is 2.25. The van der Waals surface area contributed by atoms with Crippen LogP contribution in [0.5, 0.6) is 0 Å². The van der Waals surface area contributed by atoms with Gasteiger partial charge in [-0.1, -0.05) is 37.3 Å². The summed E-state index contributed by atoms with van der Waals surface area (Å²) in [6.45, 7) is 8.47. The van der Waals surface area contributed by atoms with Crippen molar-refractivity contribution < 1.29 is 9.90 Å². The fourth-order valence-electron chi connectivity index (χ4n) is 2.18. The zero-order chi connectivity index (χ0) is 13.8. The first-order valence-electron chi connectivity index (χ1n) is 6.46. The molecule has 0 aromatic heterocycles. The minimum Gasteiger partial charge on any atom is -0.480 e. The molecule has 1 N–H and O–H groups in total. The van der Waals surface area contributed by atoms with Crippen LogP contribution in [0, 0.1) is 0 Å². The Morgan fingerprint density at radius 1 is 1.33 bits per heavy atom. The number of carbonyl (C=O) groups is 1. The van der Waals surface area contributed by atoms with Crippen LogP contribution in [0.2, 0.25) is 0 Å². The summed E-state index contributed by atoms with van der Waals surface area (Å²) in [4.78, 5) is 13.6. The number of carboxylic acids is 1. The second-order valence-corrected chi connectivity index (χ2v) is 5.14. The third kappa shape index (κ3) is 3.10. The molecule has 0 heterocycles. The molecule has 3 heteroatoms. The smallest absolute Gasteiger partial charge is 0.323 e. The van der Waals surface area contributed by atoms with Crippen molar-refractivity contribution in [2.75, 3.05) is 0 Å². The normalized spacial score (nSPS) is 14.8. The predicted octanol–water partition coefficient (Wildman–Crippen LogP) is 3.15. The van der Waals surface area contributed by atoms with Gasteiger partial charge < -0.3 is 5.11 Å². The van der Waals surface area contributed by atoms with Crippen LogP contribution in [-0.4, -0.2) is 27.6 Å². The predicted molar refractivity (Wildman–Crippen MR) is 73.5 cm³/mol. The molecule has 0 spiro atoms. The number of rotatable bonds is 6. The highest BCUT2D eigenvalue weighted by Gasteiger charge is 2.39. The molecule has 0 saturated carbocycles. The van der Waals surface area contributed by atoms with Crippen LogP contribution in [0.15, 0.2) is 30.3 Å². The van der Waals surface area contributed by atoms with Gasteiger partial charge in [-0.25, -0.2) is 0 Å². The van der Waals surface area contributed by atoms with Gasteiger partial charge in [-0.05, 0) is 32.8 Å². The van der Waals surface area contributed by atoms with Gasteiger partial charge in [0, 0.05) is 12.6 Å². The summed E-state index contributed by atoms with van der Waals surface area (Å²) >= 11 is 0. The third-order valence-corrected chi connectivity index (χ3v) is 3.60. The maximum Gasteiger partial charge on any atom is 0.323 e. The van der Waals surface area contributed by atoms with Crippen LogP contribution in [0.3, 0.4) is 0 Å². The van der Waals surface area contributed by atoms with Crippen molar-refractivity contribution >= 4 is 5.97 Å². The van der Waals surface area contributed by atoms with Gasteiger partial charge in [0.25, 0.3) is 0 Å². The number of hydrogen-bond acceptors (Lipinski definition) is 2. The molecule has 100 valence electrons. The summed E-state index contributed by atoms with van der Waals surface area (Å²) < 4.78 is 0. The van der Waals surface area contributed by atoms with Gasteiger partial charge in [0.2, 0.25) is 0 Å². The molecule has 0 radical (unpaired) electrons. The molecule has 0 bridgehead atoms. The summed E-state index contributed by atoms with van der Waals surface area (Å²) in [5, 5.41) is 9.49. The second kappa shape index (κ2) is 6.01. The van der Waals surface area contributed by atoms with Gasteiger partial charge in [0.05, 0.1) is 0 Å². The van der Waals surface area contributed by atoms with Crippen molar-refractivity contribution in [1.82, 2.24) is 4.90 Å². The molecule has 1 aromatic carbocycles. The maximum absolute atomic E-state index is 11.5. The molecule has 0 amide bonds. The van der Waals surface area contributed by atoms with E-state index in [9.17, 15) is 9.90 Å². The van der Waals surface area contributed by atoms with Crippen LogP contribution < -0.4 is 0 Å². The molecule has 1 aromatic rings. The van der Waals surface area contributed by atoms with Crippen LogP contribution in [-0.2, 0) is 11.3 Å². The van der Waals surface area contributed by atoms with E-state index in [4.69, 9.17) is 0 Å². The van der Waals surface area contributed by atoms with Crippen molar-refractivity contribution in [3.63, 3.8) is 0 Å². The minimum absolute atomic E-state index is 0.186. The van der Waals surface area contributed by atoms with E-state index in [0.29, 0.717) is 13.0 Å². The molecule has 18 heavy (non-hydrogen) atoms. The van der Waals surface area contributed by atoms with Crippen LogP contribution in [0.4, 0.5) is 0 Å². The lowest BCUT2D eigenvalue weighted by Crippen LogP contribution is -2.54. The Hall–Kier alpha value is -1.35. The van der Waals surface area contributed by atoms with Crippen LogP contribution in [0.1, 0.15) is 39.7 Å². The van der Waals surface area contributed by atoms with E-state index in [1.54, 1.807) is 6.92 Å². The van der Waals surface area contributed by atoms with E-state index in [2.05, 4.69) is 0 Å². The molecule has 0 aliphatic heterocycles. The summed E-state index contributed by atoms with van der Waals surface area (Å²) in [6.07, 6.45) is 0.591. The van der Waals surface area contributed by atoms with Crippen LogP contribution in [0.25, 0.3) is 0 Å². The van der Waals surface area contributed by atoms with E-state index < -0.39 is 11.5 Å². The molecule has 1 rings (SSSR count). The van der Waals surface area contributed by atoms with E-state index in [1.807, 2.05) is 56.0 Å². The van der Waals surface area contributed by atoms with Crippen molar-refractivity contribution in [2.24, 2.45) is 0 Å². The summed E-state index contributed by atoms with van der Waals surface area (Å²) in [5.74, 6) is -0.755. The van der Waals surface area contributed by atoms with E-state index in [0.717, 1.165) is 5.56 Å². The lowest BCUT2D eigenvalue weighted by molar-refractivity contribution is -0.152. The topological polar surface area (TPSA) is 40.5 Å². The monoisotopic (exact) mass is 249 g/mol. The average molecular weight is 249 g/mol. The average Bonchev–Trinajstić information content (AvgIpc) is 2.35. The van der Waals surface area contributed by atoms with E-state index in [-0.39, 0.29) is 6.04 Å². The number of aliphatic carboxylic acids is 1. The van der Waals surface area contributed by atoms with Crippen LogP contribution >= 0.6 is 0 Å². The lowest BCUT2D eigenvalue weighted by Gasteiger charge is -2.40. The quantitative estimate of drug-likeness (QED) is 0.842. The van der Waals surface area contributed by atoms with Gasteiger partial charge in [0.1, 0.15) is 5.54 Å². The Kier molecular flexibility index (Phi) is 4.91. The minimum atomic E-state index is -0.815. The highest BCUT2D eigenvalue weighted by molar-refractivity contribution is 5.78. The summed E-state index contributed by atoms with van der Waals surface area (Å²) in [5.41, 5.74) is 0.330. The molecular formula is C15H23NO2. The highest BCUT2D eigenvalue weighted by atomic mass is 16.4. The molecule has 1 atom stereocenters. The standard InChI is InChI=1S/C15H23NO2/c1-5-15(4,14(17)18)16(12(2)3)11-13-9-7-6-8-10-13/h6-10,12H,5,11H2,1-4H3,(H,17,18). The Morgan fingerprint density at radius 2 is 1.89 bits per heavy atom. The molecule has 0 fully saturated rings. The molecule has 3 nitrogen and oxygen atoms in total. The van der Waals surface area contributed by atoms with Gasteiger partial charge in [-0.3, -0.25) is 9.69 Å². The summed E-state index contributed by atoms with van der Waals surface area (Å²) in [7, 11) is 0. The fraction of sp³-hybridized carbons (Fsp3) is 0.533. The van der Waals surface area contributed by atoms with Gasteiger partial charge >= 0.3 is 5.97 Å². The van der Waals surface area contributed by atoms with Gasteiger partial charge in [-0.15, -0.1) is 0 Å². The zero-order valence-electron chi connectivity index (χ0n) is 11.7. The maximum atomic E-state index is 11.5. The number of benzene rings is 1. The van der Waals surface area contributed by atoms with Crippen molar-refractivity contribution in [3.8, 4) is 0 Å². The molecular weight excluding hydrogens is 226 g/mol. The molecule has 0 aliphatic carbocycles. The van der Waals surface area contributed by atoms with E-state index in [1.165, 1.54) is 0 Å². The van der Waals surface area contributed by atoms with E-state index >= 15 is 0 Å². The second-order valence-electron chi connectivity index (χ2n) is 5.14. The first-order chi connectivity index (χ1) is 8.41. The SMILES string of the molecule is CCC(C)(C(=O)O)N(Cc1ccccc1)C(C)C. The van der Waals surface area contributed by atoms with Crippen molar-refractivity contribution in [1.29, 1.82) is 0 Å². The first kappa shape index (κ1) is 14.7. The first-order valence-corrected chi connectivity index (χ1v) is 6.46.